The highest BCUT2D eigenvalue weighted by atomic mass is 127. The monoisotopic (exact) mass is 651 g/mol. The van der Waals surface area contributed by atoms with Crippen LogP contribution in [0.2, 0.25) is 12.1 Å². The van der Waals surface area contributed by atoms with Gasteiger partial charge < -0.3 is 14.9 Å². The van der Waals surface area contributed by atoms with Gasteiger partial charge in [0.25, 0.3) is 0 Å². The van der Waals surface area contributed by atoms with Crippen LogP contribution in [0.3, 0.4) is 0 Å². The summed E-state index contributed by atoms with van der Waals surface area (Å²) < 4.78 is 38.1. The molecule has 2 N–H and O–H groups in total. The smallest absolute Gasteiger partial charge is 0.204 e. The molecule has 0 saturated heterocycles. The lowest BCUT2D eigenvalue weighted by molar-refractivity contribution is 0.301. The molecule has 3 aromatic carbocycles. The van der Waals surface area contributed by atoms with Crippen molar-refractivity contribution in [1.82, 2.24) is 0 Å². The Morgan fingerprint density at radius 1 is 0.946 bits per heavy atom. The van der Waals surface area contributed by atoms with Gasteiger partial charge in [-0.3, -0.25) is 0 Å². The third-order valence-electron chi connectivity index (χ3n) is 7.00. The highest BCUT2D eigenvalue weighted by molar-refractivity contribution is 14.1. The molecule has 0 saturated carbocycles. The number of nitrogens with two attached hydrogens (primary N) is 1. The van der Waals surface area contributed by atoms with Crippen LogP contribution in [0.25, 0.3) is 11.1 Å². The van der Waals surface area contributed by atoms with E-state index >= 15 is 0 Å². The molecule has 0 heterocycles. The summed E-state index contributed by atoms with van der Waals surface area (Å²) >= 11 is 2.52. The van der Waals surface area contributed by atoms with Crippen LogP contribution < -0.4 is 10.5 Å². The fraction of sp³-hybridized carbons (Fsp3) is 0.379. The van der Waals surface area contributed by atoms with Gasteiger partial charge >= 0.3 is 0 Å². The van der Waals surface area contributed by atoms with Crippen LogP contribution >= 0.6 is 22.6 Å². The van der Waals surface area contributed by atoms with Crippen LogP contribution in [-0.2, 0) is 33.8 Å². The predicted molar refractivity (Wildman–Crippen MR) is 164 cm³/mol. The molecule has 1 unspecified atom stereocenters. The number of hydrogen-bond donors (Lipinski definition) is 1. The third-order valence-corrected chi connectivity index (χ3v) is 16.1. The Balaban J connectivity index is 1.98. The molecule has 0 aliphatic carbocycles. The maximum Gasteiger partial charge on any atom is 0.204 e. The highest BCUT2D eigenvalue weighted by Gasteiger charge is 2.35. The maximum atomic E-state index is 12.4. The predicted octanol–water partition coefficient (Wildman–Crippen LogP) is 6.70. The van der Waals surface area contributed by atoms with E-state index in [2.05, 4.69) is 55.5 Å². The van der Waals surface area contributed by atoms with Gasteiger partial charge in [0.15, 0.2) is 9.84 Å². The second kappa shape index (κ2) is 13.4. The molecule has 37 heavy (non-hydrogen) atoms. The summed E-state index contributed by atoms with van der Waals surface area (Å²) in [5.74, 6) is 0.695. The van der Waals surface area contributed by atoms with Crippen molar-refractivity contribution in [3.8, 4) is 16.9 Å². The summed E-state index contributed by atoms with van der Waals surface area (Å²) in [6, 6.07) is 23.5. The molecule has 0 aromatic heterocycles. The van der Waals surface area contributed by atoms with Crippen molar-refractivity contribution in [3.63, 3.8) is 0 Å². The standard InChI is InChI=1S/C29H38INO4SSi/c1-5-37(6-2,22(3)30)35-17-16-23-12-15-29(34-21-24-10-8-7-9-11-24)28(18-23)27-19-26(36(4,32)33)14-13-25(27)20-31/h7-15,18-19,22H,5-6,16-17,20-21,31H2,1-4H3. The number of ether oxygens (including phenoxy) is 1. The molecule has 0 aliphatic heterocycles. The first-order chi connectivity index (χ1) is 17.6. The number of halogens is 1. The summed E-state index contributed by atoms with van der Waals surface area (Å²) in [5.41, 5.74) is 10.7. The van der Waals surface area contributed by atoms with Crippen LogP contribution in [0.15, 0.2) is 71.6 Å². The average molecular weight is 652 g/mol. The summed E-state index contributed by atoms with van der Waals surface area (Å²) in [6.07, 6.45) is 1.99. The molecule has 0 fully saturated rings. The zero-order valence-corrected chi connectivity index (χ0v) is 26.1. The van der Waals surface area contributed by atoms with Gasteiger partial charge in [0.2, 0.25) is 8.32 Å². The first-order valence-electron chi connectivity index (χ1n) is 12.7. The van der Waals surface area contributed by atoms with Gasteiger partial charge in [-0.25, -0.2) is 8.42 Å². The Morgan fingerprint density at radius 2 is 1.65 bits per heavy atom. The van der Waals surface area contributed by atoms with Crippen LogP contribution in [0.4, 0.5) is 0 Å². The van der Waals surface area contributed by atoms with Crippen molar-refractivity contribution in [3.05, 3.63) is 83.4 Å². The molecular weight excluding hydrogens is 613 g/mol. The largest absolute Gasteiger partial charge is 0.488 e. The van der Waals surface area contributed by atoms with Gasteiger partial charge in [0.05, 0.1) is 4.90 Å². The van der Waals surface area contributed by atoms with Gasteiger partial charge in [0.1, 0.15) is 12.4 Å². The minimum Gasteiger partial charge on any atom is -0.488 e. The minimum absolute atomic E-state index is 0.264. The van der Waals surface area contributed by atoms with Crippen molar-refractivity contribution >= 4 is 40.7 Å². The third kappa shape index (κ3) is 7.66. The highest BCUT2D eigenvalue weighted by Crippen LogP contribution is 2.36. The van der Waals surface area contributed by atoms with E-state index in [9.17, 15) is 8.42 Å². The maximum absolute atomic E-state index is 12.4. The van der Waals surface area contributed by atoms with Gasteiger partial charge in [-0.15, -0.1) is 0 Å². The summed E-state index contributed by atoms with van der Waals surface area (Å²) in [6.45, 7) is 8.11. The molecule has 0 radical (unpaired) electrons. The van der Waals surface area contributed by atoms with Crippen molar-refractivity contribution < 1.29 is 17.6 Å². The number of sulfone groups is 1. The quantitative estimate of drug-likeness (QED) is 0.126. The Hall–Kier alpha value is -1.72. The molecule has 0 amide bonds. The molecule has 0 bridgehead atoms. The molecule has 0 aliphatic rings. The first-order valence-corrected chi connectivity index (χ1v) is 18.3. The molecule has 0 spiro atoms. The van der Waals surface area contributed by atoms with E-state index in [1.807, 2.05) is 36.4 Å². The number of benzene rings is 3. The Labute approximate surface area is 237 Å². The SMILES string of the molecule is CC[Si](CC)(OCCc1ccc(OCc2ccccc2)c(-c2cc(S(C)(=O)=O)ccc2CN)c1)C(C)I. The first kappa shape index (κ1) is 29.8. The normalized spacial score (nSPS) is 12.9. The molecule has 1 atom stereocenters. The van der Waals surface area contributed by atoms with E-state index in [4.69, 9.17) is 14.9 Å². The van der Waals surface area contributed by atoms with E-state index < -0.39 is 18.2 Å². The Bertz CT molecular complexity index is 1280. The van der Waals surface area contributed by atoms with Gasteiger partial charge in [0, 0.05) is 28.5 Å². The molecule has 3 aromatic rings. The Kier molecular flexibility index (Phi) is 10.8. The van der Waals surface area contributed by atoms with E-state index in [0.717, 1.165) is 46.3 Å². The average Bonchev–Trinajstić information content (AvgIpc) is 2.90. The van der Waals surface area contributed by atoms with Crippen molar-refractivity contribution in [2.45, 2.75) is 60.9 Å². The second-order valence-corrected chi connectivity index (χ2v) is 19.1. The zero-order valence-electron chi connectivity index (χ0n) is 22.2. The number of alkyl halides is 1. The summed E-state index contributed by atoms with van der Waals surface area (Å²) in [5, 5.41) is 0. The molecule has 8 heteroatoms. The molecule has 5 nitrogen and oxygen atoms in total. The zero-order chi connectivity index (χ0) is 27.1. The van der Waals surface area contributed by atoms with Crippen LogP contribution in [0, 0.1) is 0 Å². The molecular formula is C29H38INO4SSi. The van der Waals surface area contributed by atoms with Crippen LogP contribution in [0.1, 0.15) is 37.5 Å². The molecule has 3 rings (SSSR count). The van der Waals surface area contributed by atoms with Crippen molar-refractivity contribution in [1.29, 1.82) is 0 Å². The fourth-order valence-electron chi connectivity index (χ4n) is 4.52. The van der Waals surface area contributed by atoms with Crippen LogP contribution in [0.5, 0.6) is 5.75 Å². The topological polar surface area (TPSA) is 78.6 Å². The number of rotatable bonds is 13. The van der Waals surface area contributed by atoms with Crippen LogP contribution in [-0.4, -0.2) is 33.1 Å². The van der Waals surface area contributed by atoms with E-state index in [-0.39, 0.29) is 4.90 Å². The second-order valence-electron chi connectivity index (χ2n) is 9.39. The minimum atomic E-state index is -3.38. The lowest BCUT2D eigenvalue weighted by atomic mass is 9.96. The van der Waals surface area contributed by atoms with E-state index in [1.54, 1.807) is 18.2 Å². The molecule has 200 valence electrons. The van der Waals surface area contributed by atoms with Gasteiger partial charge in [-0.05, 0) is 65.0 Å². The van der Waals surface area contributed by atoms with E-state index in [1.165, 1.54) is 6.26 Å². The van der Waals surface area contributed by atoms with Crippen molar-refractivity contribution in [2.24, 2.45) is 5.73 Å². The number of hydrogen-bond acceptors (Lipinski definition) is 5. The summed E-state index contributed by atoms with van der Waals surface area (Å²) in [4.78, 5) is 0.264. The Morgan fingerprint density at radius 3 is 2.24 bits per heavy atom. The van der Waals surface area contributed by atoms with Gasteiger partial charge in [-0.2, -0.15) is 0 Å². The van der Waals surface area contributed by atoms with Gasteiger partial charge in [-0.1, -0.05) is 85.8 Å². The fourth-order valence-corrected chi connectivity index (χ4v) is 11.1. The summed E-state index contributed by atoms with van der Waals surface area (Å²) in [7, 11) is -5.16. The van der Waals surface area contributed by atoms with E-state index in [0.29, 0.717) is 29.1 Å². The lowest BCUT2D eigenvalue weighted by Gasteiger charge is -2.32. The lowest BCUT2D eigenvalue weighted by Crippen LogP contribution is -2.45. The van der Waals surface area contributed by atoms with Crippen molar-refractivity contribution in [2.75, 3.05) is 12.9 Å².